The average Bonchev–Trinajstić information content (AvgIpc) is 2.81. The van der Waals surface area contributed by atoms with Gasteiger partial charge in [0.15, 0.2) is 21.3 Å². The van der Waals surface area contributed by atoms with E-state index in [4.69, 9.17) is 21.1 Å². The van der Waals surface area contributed by atoms with E-state index < -0.39 is 9.84 Å². The van der Waals surface area contributed by atoms with Gasteiger partial charge in [-0.1, -0.05) is 24.9 Å². The molecule has 1 amide bonds. The Bertz CT molecular complexity index is 780. The molecule has 144 valence electrons. The lowest BCUT2D eigenvalue weighted by molar-refractivity contribution is 0.0693. The van der Waals surface area contributed by atoms with Crippen LogP contribution in [0.4, 0.5) is 0 Å². The number of nitrogens with zero attached hydrogens (tertiary/aromatic N) is 1. The molecule has 0 aromatic heterocycles. The monoisotopic (exact) mass is 401 g/mol. The van der Waals surface area contributed by atoms with Gasteiger partial charge < -0.3 is 14.4 Å². The molecule has 2 aliphatic rings. The number of amides is 1. The van der Waals surface area contributed by atoms with E-state index in [0.29, 0.717) is 48.3 Å². The Hall–Kier alpha value is -1.47. The van der Waals surface area contributed by atoms with E-state index >= 15 is 0 Å². The molecular weight excluding hydrogens is 378 g/mol. The molecule has 0 spiro atoms. The minimum Gasteiger partial charge on any atom is -0.489 e. The molecule has 1 atom stereocenters. The Labute approximate surface area is 159 Å². The lowest BCUT2D eigenvalue weighted by Gasteiger charge is -2.28. The highest BCUT2D eigenvalue weighted by Crippen LogP contribution is 2.38. The molecule has 2 heterocycles. The van der Waals surface area contributed by atoms with Gasteiger partial charge in [0.1, 0.15) is 0 Å². The highest BCUT2D eigenvalue weighted by atomic mass is 35.5. The second-order valence-corrected chi connectivity index (χ2v) is 9.38. The quantitative estimate of drug-likeness (QED) is 0.758. The summed E-state index contributed by atoms with van der Waals surface area (Å²) in [5.74, 6) is 0.881. The Morgan fingerprint density at radius 3 is 2.77 bits per heavy atom. The van der Waals surface area contributed by atoms with E-state index in [1.807, 2.05) is 6.92 Å². The van der Waals surface area contributed by atoms with Crippen molar-refractivity contribution in [3.63, 3.8) is 0 Å². The summed E-state index contributed by atoms with van der Waals surface area (Å²) >= 11 is 6.31. The summed E-state index contributed by atoms with van der Waals surface area (Å²) in [7, 11) is -3.07. The summed E-state index contributed by atoms with van der Waals surface area (Å²) in [4.78, 5) is 14.8. The lowest BCUT2D eigenvalue weighted by Crippen LogP contribution is -2.41. The molecule has 1 saturated heterocycles. The van der Waals surface area contributed by atoms with Gasteiger partial charge in [-0.15, -0.1) is 0 Å². The summed E-state index contributed by atoms with van der Waals surface area (Å²) in [6.07, 6.45) is 2.97. The van der Waals surface area contributed by atoms with Gasteiger partial charge in [0.25, 0.3) is 5.91 Å². The van der Waals surface area contributed by atoms with Gasteiger partial charge in [-0.2, -0.15) is 0 Å². The molecule has 1 aromatic rings. The average molecular weight is 402 g/mol. The fourth-order valence-corrected chi connectivity index (χ4v) is 5.32. The number of unbranched alkanes of at least 4 members (excludes halogenated alkanes) is 1. The molecule has 0 bridgehead atoms. The number of benzene rings is 1. The minimum absolute atomic E-state index is 0.0285. The SMILES string of the molecule is CCCCN(C(=O)c1cc(Cl)c2c(c1)OCCCO2)C1CCS(=O)(=O)C1. The number of ether oxygens (including phenoxy) is 2. The molecule has 0 saturated carbocycles. The molecule has 8 heteroatoms. The smallest absolute Gasteiger partial charge is 0.254 e. The minimum atomic E-state index is -3.07. The van der Waals surface area contributed by atoms with Gasteiger partial charge in [-0.3, -0.25) is 4.79 Å². The highest BCUT2D eigenvalue weighted by Gasteiger charge is 2.35. The zero-order chi connectivity index (χ0) is 18.7. The molecule has 1 unspecified atom stereocenters. The predicted molar refractivity (Wildman–Crippen MR) is 100 cm³/mol. The molecule has 26 heavy (non-hydrogen) atoms. The number of hydrogen-bond acceptors (Lipinski definition) is 5. The van der Waals surface area contributed by atoms with Crippen LogP contribution in [0.15, 0.2) is 12.1 Å². The van der Waals surface area contributed by atoms with Gasteiger partial charge >= 0.3 is 0 Å². The number of rotatable bonds is 5. The topological polar surface area (TPSA) is 72.9 Å². The van der Waals surface area contributed by atoms with Crippen LogP contribution in [0.1, 0.15) is 43.0 Å². The van der Waals surface area contributed by atoms with Gasteiger partial charge in [0, 0.05) is 24.6 Å². The van der Waals surface area contributed by atoms with Gasteiger partial charge in [0.2, 0.25) is 0 Å². The molecule has 1 aromatic carbocycles. The summed E-state index contributed by atoms with van der Waals surface area (Å²) < 4.78 is 35.0. The van der Waals surface area contributed by atoms with Gasteiger partial charge in [-0.05, 0) is 25.0 Å². The van der Waals surface area contributed by atoms with Crippen LogP contribution < -0.4 is 9.47 Å². The third kappa shape index (κ3) is 4.26. The van der Waals surface area contributed by atoms with Crippen LogP contribution in [0.2, 0.25) is 5.02 Å². The Morgan fingerprint density at radius 2 is 2.08 bits per heavy atom. The van der Waals surface area contributed by atoms with Crippen LogP contribution in [0.3, 0.4) is 0 Å². The molecule has 0 radical (unpaired) electrons. The molecule has 2 aliphatic heterocycles. The zero-order valence-electron chi connectivity index (χ0n) is 14.9. The third-order valence-electron chi connectivity index (χ3n) is 4.71. The van der Waals surface area contributed by atoms with Crippen molar-refractivity contribution < 1.29 is 22.7 Å². The van der Waals surface area contributed by atoms with Crippen molar-refractivity contribution in [2.75, 3.05) is 31.3 Å². The summed E-state index contributed by atoms with van der Waals surface area (Å²) in [5.41, 5.74) is 0.402. The third-order valence-corrected chi connectivity index (χ3v) is 6.74. The van der Waals surface area contributed by atoms with Crippen molar-refractivity contribution in [2.45, 2.75) is 38.6 Å². The summed E-state index contributed by atoms with van der Waals surface area (Å²) in [6, 6.07) is 2.95. The van der Waals surface area contributed by atoms with Crippen molar-refractivity contribution in [1.29, 1.82) is 0 Å². The van der Waals surface area contributed by atoms with E-state index in [-0.39, 0.29) is 23.5 Å². The Balaban J connectivity index is 1.89. The number of sulfone groups is 1. The summed E-state index contributed by atoms with van der Waals surface area (Å²) in [5, 5.41) is 0.335. The van der Waals surface area contributed by atoms with E-state index in [0.717, 1.165) is 19.3 Å². The van der Waals surface area contributed by atoms with Gasteiger partial charge in [0.05, 0.1) is 29.7 Å². The standard InChI is InChI=1S/C18H24ClNO5S/c1-2-3-6-20(14-5-9-26(22,23)12-14)18(21)13-10-15(19)17-16(11-13)24-7-4-8-25-17/h10-11,14H,2-9,12H2,1H3. The first kappa shape index (κ1) is 19.3. The lowest BCUT2D eigenvalue weighted by atomic mass is 10.1. The van der Waals surface area contributed by atoms with E-state index in [1.54, 1.807) is 17.0 Å². The van der Waals surface area contributed by atoms with Gasteiger partial charge in [-0.25, -0.2) is 8.42 Å². The summed E-state index contributed by atoms with van der Waals surface area (Å²) in [6.45, 7) is 3.59. The first-order valence-electron chi connectivity index (χ1n) is 9.02. The van der Waals surface area contributed by atoms with Crippen LogP contribution in [-0.2, 0) is 9.84 Å². The van der Waals surface area contributed by atoms with Crippen molar-refractivity contribution in [2.24, 2.45) is 0 Å². The zero-order valence-corrected chi connectivity index (χ0v) is 16.4. The van der Waals surface area contributed by atoms with Crippen LogP contribution in [0.25, 0.3) is 0 Å². The van der Waals surface area contributed by atoms with E-state index in [1.165, 1.54) is 0 Å². The number of hydrogen-bond donors (Lipinski definition) is 0. The van der Waals surface area contributed by atoms with Crippen LogP contribution in [0.5, 0.6) is 11.5 Å². The number of carbonyl (C=O) groups is 1. The fourth-order valence-electron chi connectivity index (χ4n) is 3.32. The maximum atomic E-state index is 13.1. The predicted octanol–water partition coefficient (Wildman–Crippen LogP) is 2.93. The van der Waals surface area contributed by atoms with E-state index in [9.17, 15) is 13.2 Å². The first-order chi connectivity index (χ1) is 12.4. The highest BCUT2D eigenvalue weighted by molar-refractivity contribution is 7.91. The molecule has 6 nitrogen and oxygen atoms in total. The largest absolute Gasteiger partial charge is 0.489 e. The van der Waals surface area contributed by atoms with Crippen LogP contribution in [-0.4, -0.2) is 56.5 Å². The van der Waals surface area contributed by atoms with Crippen molar-refractivity contribution >= 4 is 27.3 Å². The second kappa shape index (κ2) is 8.05. The molecule has 0 N–H and O–H groups in total. The fraction of sp³-hybridized carbons (Fsp3) is 0.611. The molecule has 3 rings (SSSR count). The van der Waals surface area contributed by atoms with Crippen LogP contribution >= 0.6 is 11.6 Å². The molecule has 1 fully saturated rings. The van der Waals surface area contributed by atoms with Crippen molar-refractivity contribution in [3.05, 3.63) is 22.7 Å². The Kier molecular flexibility index (Phi) is 5.97. The molecular formula is C18H24ClNO5S. The number of halogens is 1. The molecule has 0 aliphatic carbocycles. The Morgan fingerprint density at radius 1 is 1.31 bits per heavy atom. The van der Waals surface area contributed by atoms with Crippen LogP contribution in [0, 0.1) is 0 Å². The van der Waals surface area contributed by atoms with Crippen molar-refractivity contribution in [1.82, 2.24) is 4.90 Å². The normalized spacial score (nSPS) is 21.2. The number of carbonyl (C=O) groups excluding carboxylic acids is 1. The second-order valence-electron chi connectivity index (χ2n) is 6.74. The maximum Gasteiger partial charge on any atom is 0.254 e. The van der Waals surface area contributed by atoms with E-state index in [2.05, 4.69) is 0 Å². The first-order valence-corrected chi connectivity index (χ1v) is 11.2. The maximum absolute atomic E-state index is 13.1. The van der Waals surface area contributed by atoms with Crippen molar-refractivity contribution in [3.8, 4) is 11.5 Å². The number of fused-ring (bicyclic) bond motifs is 1.